The quantitative estimate of drug-likeness (QED) is 0.190. The van der Waals surface area contributed by atoms with Gasteiger partial charge in [-0.15, -0.1) is 0 Å². The number of morpholine rings is 1. The molecule has 5 heterocycles. The van der Waals surface area contributed by atoms with Gasteiger partial charge in [-0.25, -0.2) is 15.0 Å². The number of benzene rings is 1. The molecular weight excluding hydrogens is 639 g/mol. The van der Waals surface area contributed by atoms with Crippen LogP contribution >= 0.6 is 11.6 Å². The van der Waals surface area contributed by atoms with E-state index in [2.05, 4.69) is 32.4 Å². The highest BCUT2D eigenvalue weighted by Crippen LogP contribution is 2.45. The predicted octanol–water partition coefficient (Wildman–Crippen LogP) is 6.57. The van der Waals surface area contributed by atoms with Crippen molar-refractivity contribution in [3.8, 4) is 11.3 Å². The van der Waals surface area contributed by atoms with E-state index in [0.29, 0.717) is 65.3 Å². The summed E-state index contributed by atoms with van der Waals surface area (Å²) in [5, 5.41) is 15.7. The summed E-state index contributed by atoms with van der Waals surface area (Å²) >= 11 is 6.71. The van der Waals surface area contributed by atoms with Crippen LogP contribution in [0.4, 0.5) is 30.5 Å². The monoisotopic (exact) mass is 669 g/mol. The second-order valence-electron chi connectivity index (χ2n) is 12.7. The summed E-state index contributed by atoms with van der Waals surface area (Å²) in [7, 11) is 0. The van der Waals surface area contributed by atoms with Gasteiger partial charge in [-0.2, -0.15) is 13.2 Å². The Morgan fingerprint density at radius 1 is 1.17 bits per heavy atom. The second-order valence-corrected chi connectivity index (χ2v) is 13.1. The number of hydrogen-bond donors (Lipinski definition) is 3. The summed E-state index contributed by atoms with van der Waals surface area (Å²) in [6.07, 6.45) is 0.259. The SMILES string of the molecule is C[C@H]1CO[C@@H](c2nc3c4c(ncc(Cl)n24)Nc2cc(C(=O)Nc4cc(C(F)(F)F)ccn4)ccc2-3)CN1[C@H]1CC[C@@](C)(C(=O)O)CC1. The van der Waals surface area contributed by atoms with Crippen molar-refractivity contribution in [1.82, 2.24) is 24.3 Å². The van der Waals surface area contributed by atoms with Gasteiger partial charge in [0.25, 0.3) is 5.91 Å². The third-order valence-corrected chi connectivity index (χ3v) is 9.84. The first-order valence-electron chi connectivity index (χ1n) is 15.3. The predicted molar refractivity (Wildman–Crippen MR) is 167 cm³/mol. The number of pyridine rings is 1. The van der Waals surface area contributed by atoms with E-state index >= 15 is 0 Å². The molecule has 1 aliphatic carbocycles. The molecule has 1 aromatic carbocycles. The number of halogens is 4. The number of carbonyl (C=O) groups excluding carboxylic acids is 1. The van der Waals surface area contributed by atoms with Crippen LogP contribution in [0.1, 0.15) is 67.4 Å². The van der Waals surface area contributed by atoms with Crippen LogP contribution in [0.25, 0.3) is 16.8 Å². The fraction of sp³-hybridized carbons (Fsp3) is 0.406. The molecule has 1 saturated carbocycles. The number of rotatable bonds is 5. The van der Waals surface area contributed by atoms with Crippen molar-refractivity contribution in [1.29, 1.82) is 0 Å². The summed E-state index contributed by atoms with van der Waals surface area (Å²) in [5.74, 6) is -0.548. The van der Waals surface area contributed by atoms with Gasteiger partial charge in [-0.1, -0.05) is 11.6 Å². The van der Waals surface area contributed by atoms with Crippen molar-refractivity contribution in [2.45, 2.75) is 63.9 Å². The molecule has 3 aromatic heterocycles. The zero-order valence-corrected chi connectivity index (χ0v) is 26.2. The van der Waals surface area contributed by atoms with Gasteiger partial charge in [0.1, 0.15) is 34.1 Å². The molecular formula is C32H31ClF3N7O4. The largest absolute Gasteiger partial charge is 0.481 e. The highest BCUT2D eigenvalue weighted by atomic mass is 35.5. The summed E-state index contributed by atoms with van der Waals surface area (Å²) in [4.78, 5) is 40.6. The number of hydrogen-bond acceptors (Lipinski definition) is 8. The van der Waals surface area contributed by atoms with Crippen LogP contribution in [0.3, 0.4) is 0 Å². The summed E-state index contributed by atoms with van der Waals surface area (Å²) in [6, 6.07) is 6.82. The Morgan fingerprint density at radius 2 is 1.94 bits per heavy atom. The number of imidazole rings is 1. The first-order chi connectivity index (χ1) is 22.3. The summed E-state index contributed by atoms with van der Waals surface area (Å²) in [6.45, 7) is 4.94. The van der Waals surface area contributed by atoms with E-state index in [1.807, 2.05) is 11.3 Å². The maximum Gasteiger partial charge on any atom is 0.416 e. The number of anilines is 3. The normalized spacial score (nSPS) is 24.4. The van der Waals surface area contributed by atoms with Gasteiger partial charge in [0.15, 0.2) is 5.82 Å². The number of fused-ring (bicyclic) bond motifs is 2. The Labute approximate surface area is 272 Å². The number of carboxylic acids is 1. The van der Waals surface area contributed by atoms with Crippen LogP contribution in [-0.4, -0.2) is 66.5 Å². The third kappa shape index (κ3) is 5.57. The number of aliphatic carboxylic acids is 1. The van der Waals surface area contributed by atoms with Gasteiger partial charge < -0.3 is 20.5 Å². The standard InChI is InChI=1S/C32H31ClF3N7O4/c1-16-15-47-22(14-42(16)19-5-8-31(2,9-6-19)30(45)46)28-41-25-20-4-3-17(11-21(20)39-27-26(25)43(28)23(33)13-38-27)29(44)40-24-12-18(7-10-37-24)32(34,35)36/h3-4,7,10-13,16,19,22H,5-6,8-9,14-15H2,1-2H3,(H,38,39)(H,45,46)(H,37,40,44)/t16-,19-,22+,31+/m0/s1. The molecule has 1 amide bonds. The molecule has 2 aliphatic heterocycles. The van der Waals surface area contributed by atoms with Gasteiger partial charge in [0, 0.05) is 36.0 Å². The molecule has 3 aliphatic rings. The van der Waals surface area contributed by atoms with E-state index in [9.17, 15) is 27.9 Å². The number of carboxylic acid groups (broad SMARTS) is 1. The first-order valence-corrected chi connectivity index (χ1v) is 15.6. The number of aromatic nitrogens is 4. The lowest BCUT2D eigenvalue weighted by atomic mass is 9.73. The molecule has 47 heavy (non-hydrogen) atoms. The maximum atomic E-state index is 13.1. The Morgan fingerprint density at radius 3 is 2.66 bits per heavy atom. The van der Waals surface area contributed by atoms with E-state index < -0.39 is 35.1 Å². The Kier molecular flexibility index (Phi) is 7.64. The molecule has 4 aromatic rings. The molecule has 2 fully saturated rings. The number of nitrogens with zero attached hydrogens (tertiary/aromatic N) is 5. The second kappa shape index (κ2) is 11.5. The molecule has 0 bridgehead atoms. The van der Waals surface area contributed by atoms with E-state index in [0.717, 1.165) is 31.2 Å². The van der Waals surface area contributed by atoms with Crippen LogP contribution < -0.4 is 10.6 Å². The van der Waals surface area contributed by atoms with Crippen molar-refractivity contribution in [2.24, 2.45) is 5.41 Å². The van der Waals surface area contributed by atoms with Crippen molar-refractivity contribution in [3.63, 3.8) is 0 Å². The van der Waals surface area contributed by atoms with E-state index in [1.165, 1.54) is 6.20 Å². The van der Waals surface area contributed by atoms with Crippen LogP contribution in [0.2, 0.25) is 5.15 Å². The van der Waals surface area contributed by atoms with E-state index in [4.69, 9.17) is 21.3 Å². The number of ether oxygens (including phenoxy) is 1. The zero-order chi connectivity index (χ0) is 33.2. The highest BCUT2D eigenvalue weighted by Gasteiger charge is 2.42. The molecule has 1 saturated heterocycles. The first kappa shape index (κ1) is 31.3. The Balaban J connectivity index is 1.17. The van der Waals surface area contributed by atoms with Crippen LogP contribution in [0.15, 0.2) is 42.7 Å². The van der Waals surface area contributed by atoms with Crippen LogP contribution in [0, 0.1) is 5.41 Å². The van der Waals surface area contributed by atoms with Crippen molar-refractivity contribution >= 4 is 46.3 Å². The number of carbonyl (C=O) groups is 2. The fourth-order valence-electron chi connectivity index (χ4n) is 6.82. The van der Waals surface area contributed by atoms with Crippen molar-refractivity contribution in [2.75, 3.05) is 23.8 Å². The summed E-state index contributed by atoms with van der Waals surface area (Å²) < 4.78 is 47.6. The van der Waals surface area contributed by atoms with Crippen molar-refractivity contribution in [3.05, 3.63) is 64.8 Å². The molecule has 11 nitrogen and oxygen atoms in total. The molecule has 7 rings (SSSR count). The van der Waals surface area contributed by atoms with Gasteiger partial charge in [0.2, 0.25) is 0 Å². The van der Waals surface area contributed by atoms with E-state index in [1.54, 1.807) is 18.2 Å². The molecule has 3 N–H and O–H groups in total. The maximum absolute atomic E-state index is 13.1. The van der Waals surface area contributed by atoms with Gasteiger partial charge in [0.05, 0.1) is 29.5 Å². The van der Waals surface area contributed by atoms with Gasteiger partial charge >= 0.3 is 12.1 Å². The molecule has 246 valence electrons. The average Bonchev–Trinajstić information content (AvgIpc) is 3.45. The highest BCUT2D eigenvalue weighted by molar-refractivity contribution is 6.30. The third-order valence-electron chi connectivity index (χ3n) is 9.57. The smallest absolute Gasteiger partial charge is 0.416 e. The summed E-state index contributed by atoms with van der Waals surface area (Å²) in [5.41, 5.74) is 1.02. The Hall–Kier alpha value is -4.27. The number of amides is 1. The topological polar surface area (TPSA) is 134 Å². The molecule has 0 radical (unpaired) electrons. The number of nitrogens with one attached hydrogen (secondary N) is 2. The van der Waals surface area contributed by atoms with Crippen LogP contribution in [-0.2, 0) is 15.7 Å². The minimum absolute atomic E-state index is 0.137. The number of alkyl halides is 3. The minimum Gasteiger partial charge on any atom is -0.481 e. The molecule has 2 atom stereocenters. The average molecular weight is 670 g/mol. The van der Waals surface area contributed by atoms with Crippen LogP contribution in [0.5, 0.6) is 0 Å². The molecule has 15 heteroatoms. The van der Waals surface area contributed by atoms with Gasteiger partial charge in [-0.05, 0) is 69.9 Å². The molecule has 0 spiro atoms. The fourth-order valence-corrected chi connectivity index (χ4v) is 7.04. The van der Waals surface area contributed by atoms with Crippen molar-refractivity contribution < 1.29 is 32.6 Å². The zero-order valence-electron chi connectivity index (χ0n) is 25.4. The minimum atomic E-state index is -4.57. The molecule has 0 unspecified atom stereocenters. The Bertz CT molecular complexity index is 1910. The lowest BCUT2D eigenvalue weighted by molar-refractivity contribution is -0.151. The lowest BCUT2D eigenvalue weighted by Crippen LogP contribution is -2.52. The van der Waals surface area contributed by atoms with Gasteiger partial charge in [-0.3, -0.25) is 18.9 Å². The lowest BCUT2D eigenvalue weighted by Gasteiger charge is -2.46. The van der Waals surface area contributed by atoms with E-state index in [-0.39, 0.29) is 23.5 Å².